The molecule has 0 saturated carbocycles. The summed E-state index contributed by atoms with van der Waals surface area (Å²) < 4.78 is 0. The van der Waals surface area contributed by atoms with Gasteiger partial charge in [0.2, 0.25) is 6.54 Å². The molecule has 0 amide bonds. The van der Waals surface area contributed by atoms with Crippen molar-refractivity contribution < 1.29 is 4.92 Å². The van der Waals surface area contributed by atoms with Gasteiger partial charge in [-0.1, -0.05) is 11.6 Å². The van der Waals surface area contributed by atoms with Crippen LogP contribution in [0.15, 0.2) is 18.2 Å². The van der Waals surface area contributed by atoms with Gasteiger partial charge in [-0.15, -0.1) is 0 Å². The maximum Gasteiger partial charge on any atom is 0.269 e. The molecule has 1 aromatic rings. The van der Waals surface area contributed by atoms with Crippen LogP contribution in [0.5, 0.6) is 0 Å². The Kier molecular flexibility index (Phi) is 3.43. The first-order valence-corrected chi connectivity index (χ1v) is 4.29. The van der Waals surface area contributed by atoms with Crippen molar-refractivity contribution in [2.45, 2.75) is 6.42 Å². The van der Waals surface area contributed by atoms with Crippen LogP contribution >= 0.6 is 11.6 Å². The predicted octanol–water partition coefficient (Wildman–Crippen LogP) is 2.71. The zero-order valence-electron chi connectivity index (χ0n) is 7.24. The molecule has 14 heavy (non-hydrogen) atoms. The largest absolute Gasteiger partial charge is 0.317 e. The molecule has 0 aliphatic rings. The lowest BCUT2D eigenvalue weighted by Crippen LogP contribution is -1.93. The third kappa shape index (κ3) is 2.44. The van der Waals surface area contributed by atoms with Crippen molar-refractivity contribution in [3.63, 3.8) is 0 Å². The number of nitro groups is 1. The Labute approximate surface area is 86.1 Å². The molecule has 0 unspecified atom stereocenters. The van der Waals surface area contributed by atoms with Crippen molar-refractivity contribution >= 4 is 17.3 Å². The standard InChI is InChI=1S/C9H7ClN2O2/c1-11-5-4-7-6-8(12(13)14)2-3-9(7)10/h2-3,6H,4-5H2. The van der Waals surface area contributed by atoms with Gasteiger partial charge in [0.15, 0.2) is 0 Å². The highest BCUT2D eigenvalue weighted by atomic mass is 35.5. The topological polar surface area (TPSA) is 47.5 Å². The number of nitro benzene ring substituents is 1. The highest BCUT2D eigenvalue weighted by Crippen LogP contribution is 2.22. The molecule has 72 valence electrons. The summed E-state index contributed by atoms with van der Waals surface area (Å²) in [5.41, 5.74) is 0.659. The number of benzene rings is 1. The molecule has 0 spiro atoms. The van der Waals surface area contributed by atoms with Crippen LogP contribution in [0.1, 0.15) is 5.56 Å². The molecule has 4 nitrogen and oxygen atoms in total. The second-order valence-corrected chi connectivity index (χ2v) is 3.07. The van der Waals surface area contributed by atoms with Crippen LogP contribution < -0.4 is 0 Å². The summed E-state index contributed by atoms with van der Waals surface area (Å²) in [5, 5.41) is 10.9. The average molecular weight is 211 g/mol. The van der Waals surface area contributed by atoms with Crippen LogP contribution in [0.2, 0.25) is 5.02 Å². The highest BCUT2D eigenvalue weighted by molar-refractivity contribution is 6.31. The van der Waals surface area contributed by atoms with Crippen LogP contribution in [0.25, 0.3) is 4.85 Å². The Morgan fingerprint density at radius 2 is 2.29 bits per heavy atom. The molecule has 0 aliphatic heterocycles. The number of hydrogen-bond donors (Lipinski definition) is 0. The normalized spacial score (nSPS) is 9.43. The van der Waals surface area contributed by atoms with E-state index in [0.29, 0.717) is 23.6 Å². The van der Waals surface area contributed by atoms with Crippen molar-refractivity contribution in [3.8, 4) is 0 Å². The molecule has 0 aliphatic carbocycles. The molecule has 0 fully saturated rings. The molecule has 0 bridgehead atoms. The van der Waals surface area contributed by atoms with Crippen LogP contribution in [-0.4, -0.2) is 11.5 Å². The Bertz CT molecular complexity index is 398. The number of hydrogen-bond acceptors (Lipinski definition) is 2. The lowest BCUT2D eigenvalue weighted by Gasteiger charge is -1.99. The summed E-state index contributed by atoms with van der Waals surface area (Å²) in [4.78, 5) is 13.1. The molecule has 1 aromatic carbocycles. The second kappa shape index (κ2) is 4.58. The average Bonchev–Trinajstić information content (AvgIpc) is 2.16. The summed E-state index contributed by atoms with van der Waals surface area (Å²) in [5.74, 6) is 0. The third-order valence-electron chi connectivity index (χ3n) is 1.73. The fourth-order valence-corrected chi connectivity index (χ4v) is 1.25. The zero-order chi connectivity index (χ0) is 10.6. The van der Waals surface area contributed by atoms with Crippen molar-refractivity contribution in [2.24, 2.45) is 0 Å². The van der Waals surface area contributed by atoms with E-state index in [-0.39, 0.29) is 5.69 Å². The van der Waals surface area contributed by atoms with Crippen LogP contribution in [0.3, 0.4) is 0 Å². The first-order valence-electron chi connectivity index (χ1n) is 3.91. The number of non-ortho nitro benzene ring substituents is 1. The van der Waals surface area contributed by atoms with Gasteiger partial charge in [-0.2, -0.15) is 0 Å². The van der Waals surface area contributed by atoms with Crippen LogP contribution in [-0.2, 0) is 6.42 Å². The highest BCUT2D eigenvalue weighted by Gasteiger charge is 2.09. The Morgan fingerprint density at radius 3 is 2.86 bits per heavy atom. The lowest BCUT2D eigenvalue weighted by molar-refractivity contribution is -0.384. The quantitative estimate of drug-likeness (QED) is 0.438. The van der Waals surface area contributed by atoms with Crippen LogP contribution in [0.4, 0.5) is 5.69 Å². The fourth-order valence-electron chi connectivity index (χ4n) is 1.04. The summed E-state index contributed by atoms with van der Waals surface area (Å²) in [7, 11) is 0. The zero-order valence-corrected chi connectivity index (χ0v) is 7.99. The number of halogens is 1. The Balaban J connectivity index is 2.97. The summed E-state index contributed by atoms with van der Waals surface area (Å²) in [6, 6.07) is 4.25. The minimum Gasteiger partial charge on any atom is -0.317 e. The summed E-state index contributed by atoms with van der Waals surface area (Å²) in [6.45, 7) is 6.90. The molecule has 0 radical (unpaired) electrons. The summed E-state index contributed by atoms with van der Waals surface area (Å²) >= 11 is 5.81. The van der Waals surface area contributed by atoms with Crippen molar-refractivity contribution in [2.75, 3.05) is 6.54 Å². The van der Waals surface area contributed by atoms with Crippen molar-refractivity contribution in [1.29, 1.82) is 0 Å². The van der Waals surface area contributed by atoms with Gasteiger partial charge in [-0.05, 0) is 11.6 Å². The van der Waals surface area contributed by atoms with Gasteiger partial charge in [0.05, 0.1) is 4.92 Å². The SMILES string of the molecule is [C-]#[N+]CCc1cc([N+](=O)[O-])ccc1Cl. The smallest absolute Gasteiger partial charge is 0.269 e. The molecule has 0 heterocycles. The van der Waals surface area contributed by atoms with Crippen LogP contribution in [0, 0.1) is 16.7 Å². The van der Waals surface area contributed by atoms with E-state index in [1.54, 1.807) is 0 Å². The number of rotatable bonds is 3. The van der Waals surface area contributed by atoms with Gasteiger partial charge >= 0.3 is 0 Å². The molecule has 0 aromatic heterocycles. The first kappa shape index (κ1) is 10.5. The van der Waals surface area contributed by atoms with Gasteiger partial charge in [-0.3, -0.25) is 10.1 Å². The van der Waals surface area contributed by atoms with E-state index in [1.165, 1.54) is 18.2 Å². The van der Waals surface area contributed by atoms with E-state index in [0.717, 1.165) is 0 Å². The maximum atomic E-state index is 10.4. The van der Waals surface area contributed by atoms with Crippen molar-refractivity contribution in [3.05, 3.63) is 50.3 Å². The molecular weight excluding hydrogens is 204 g/mol. The van der Waals surface area contributed by atoms with Gasteiger partial charge in [0, 0.05) is 23.6 Å². The Hall–Kier alpha value is -1.60. The Morgan fingerprint density at radius 1 is 1.57 bits per heavy atom. The van der Waals surface area contributed by atoms with E-state index < -0.39 is 4.92 Å². The predicted molar refractivity (Wildman–Crippen MR) is 53.3 cm³/mol. The molecular formula is C9H7ClN2O2. The summed E-state index contributed by atoms with van der Waals surface area (Å²) in [6.07, 6.45) is 0.448. The molecule has 0 atom stereocenters. The van der Waals surface area contributed by atoms with E-state index in [9.17, 15) is 10.1 Å². The minimum atomic E-state index is -0.475. The first-order chi connectivity index (χ1) is 6.65. The van der Waals surface area contributed by atoms with E-state index in [4.69, 9.17) is 18.2 Å². The van der Waals surface area contributed by atoms with Crippen molar-refractivity contribution in [1.82, 2.24) is 0 Å². The van der Waals surface area contributed by atoms with E-state index in [2.05, 4.69) is 4.85 Å². The van der Waals surface area contributed by atoms with Gasteiger partial charge < -0.3 is 4.85 Å². The third-order valence-corrected chi connectivity index (χ3v) is 2.10. The van der Waals surface area contributed by atoms with E-state index in [1.807, 2.05) is 0 Å². The molecule has 0 N–H and O–H groups in total. The molecule has 0 saturated heterocycles. The maximum absolute atomic E-state index is 10.4. The monoisotopic (exact) mass is 210 g/mol. The molecule has 1 rings (SSSR count). The molecule has 5 heteroatoms. The fraction of sp³-hybridized carbons (Fsp3) is 0.222. The van der Waals surface area contributed by atoms with Gasteiger partial charge in [0.25, 0.3) is 5.69 Å². The van der Waals surface area contributed by atoms with Gasteiger partial charge in [-0.25, -0.2) is 6.57 Å². The number of nitrogens with zero attached hydrogens (tertiary/aromatic N) is 2. The lowest BCUT2D eigenvalue weighted by atomic mass is 10.1. The second-order valence-electron chi connectivity index (χ2n) is 2.66. The van der Waals surface area contributed by atoms with E-state index >= 15 is 0 Å². The minimum absolute atomic E-state index is 0.00869. The van der Waals surface area contributed by atoms with Gasteiger partial charge in [0.1, 0.15) is 0 Å².